The average molecular weight is 334 g/mol. The lowest BCUT2D eigenvalue weighted by atomic mass is 9.91. The van der Waals surface area contributed by atoms with Crippen LogP contribution in [0.2, 0.25) is 0 Å². The Morgan fingerprint density at radius 2 is 0.870 bits per heavy atom. The van der Waals surface area contributed by atoms with Gasteiger partial charge in [0.05, 0.1) is 26.2 Å². The van der Waals surface area contributed by atoms with Gasteiger partial charge in [-0.3, -0.25) is 29.0 Å². The largest absolute Gasteiger partial charge is 0.480 e. The Bertz CT molecular complexity index is 391. The van der Waals surface area contributed by atoms with Gasteiger partial charge in [-0.15, -0.1) is 0 Å². The van der Waals surface area contributed by atoms with E-state index in [1.807, 2.05) is 0 Å². The molecule has 0 aromatic heterocycles. The second kappa shape index (κ2) is 9.06. The molecule has 0 aliphatic rings. The van der Waals surface area contributed by atoms with Crippen molar-refractivity contribution < 1.29 is 39.6 Å². The summed E-state index contributed by atoms with van der Waals surface area (Å²) in [5.74, 6) is -4.74. The molecule has 4 N–H and O–H groups in total. The molecule has 10 nitrogen and oxygen atoms in total. The van der Waals surface area contributed by atoms with Gasteiger partial charge in [0.25, 0.3) is 0 Å². The highest BCUT2D eigenvalue weighted by atomic mass is 16.4. The number of nitrogens with zero attached hydrogens (tertiary/aromatic N) is 2. The number of aliphatic carboxylic acids is 4. The average Bonchev–Trinajstić information content (AvgIpc) is 2.22. The Balaban J connectivity index is 4.93. The summed E-state index contributed by atoms with van der Waals surface area (Å²) in [5.41, 5.74) is -0.712. The van der Waals surface area contributed by atoms with E-state index in [1.165, 1.54) is 9.80 Å². The van der Waals surface area contributed by atoms with Crippen LogP contribution < -0.4 is 0 Å². The first-order valence-corrected chi connectivity index (χ1v) is 6.73. The topological polar surface area (TPSA) is 156 Å². The molecule has 0 aliphatic heterocycles. The smallest absolute Gasteiger partial charge is 0.317 e. The van der Waals surface area contributed by atoms with Gasteiger partial charge < -0.3 is 20.4 Å². The zero-order valence-corrected chi connectivity index (χ0v) is 13.1. The molecule has 0 aromatic rings. The third kappa shape index (κ3) is 11.1. The summed E-state index contributed by atoms with van der Waals surface area (Å²) in [6, 6.07) is 0. The Morgan fingerprint density at radius 1 is 0.652 bits per heavy atom. The van der Waals surface area contributed by atoms with E-state index in [4.69, 9.17) is 20.4 Å². The maximum Gasteiger partial charge on any atom is 0.317 e. The maximum absolute atomic E-state index is 10.8. The van der Waals surface area contributed by atoms with Gasteiger partial charge in [0.2, 0.25) is 0 Å². The highest BCUT2D eigenvalue weighted by molar-refractivity contribution is 5.73. The van der Waals surface area contributed by atoms with Crippen LogP contribution in [0.4, 0.5) is 0 Å². The Hall–Kier alpha value is -2.20. The van der Waals surface area contributed by atoms with E-state index in [0.717, 1.165) is 0 Å². The van der Waals surface area contributed by atoms with Crippen molar-refractivity contribution in [1.82, 2.24) is 9.80 Å². The molecule has 0 bridgehead atoms. The minimum atomic E-state index is -1.19. The Labute approximate surface area is 132 Å². The fourth-order valence-corrected chi connectivity index (χ4v) is 2.36. The van der Waals surface area contributed by atoms with Crippen molar-refractivity contribution in [2.45, 2.75) is 13.8 Å². The van der Waals surface area contributed by atoms with Crippen LogP contribution in [0.15, 0.2) is 0 Å². The number of hydrogen-bond acceptors (Lipinski definition) is 6. The normalized spacial score (nSPS) is 11.7. The van der Waals surface area contributed by atoms with Crippen molar-refractivity contribution in [3.63, 3.8) is 0 Å². The lowest BCUT2D eigenvalue weighted by Crippen LogP contribution is -2.47. The number of carboxylic acids is 4. The molecule has 10 heteroatoms. The van der Waals surface area contributed by atoms with Crippen molar-refractivity contribution in [1.29, 1.82) is 0 Å². The molecule has 0 atom stereocenters. The van der Waals surface area contributed by atoms with Gasteiger partial charge in [-0.1, -0.05) is 13.8 Å². The molecular weight excluding hydrogens is 312 g/mol. The number of hydrogen-bond donors (Lipinski definition) is 4. The lowest BCUT2D eigenvalue weighted by Gasteiger charge is -2.34. The molecule has 0 amide bonds. The standard InChI is InChI=1S/C13H22N2O8/c1-13(2,7-14(3-9(16)17)4-10(18)19)8-15(5-11(20)21)6-12(22)23/h3-8H2,1-2H3,(H,16,17)(H,18,19)(H,20,21)(H,22,23). The van der Waals surface area contributed by atoms with E-state index in [2.05, 4.69) is 0 Å². The van der Waals surface area contributed by atoms with Crippen LogP contribution in [0.3, 0.4) is 0 Å². The van der Waals surface area contributed by atoms with E-state index in [0.29, 0.717) is 0 Å². The fourth-order valence-electron chi connectivity index (χ4n) is 2.36. The highest BCUT2D eigenvalue weighted by Gasteiger charge is 2.28. The summed E-state index contributed by atoms with van der Waals surface area (Å²) in [7, 11) is 0. The number of rotatable bonds is 12. The Morgan fingerprint density at radius 3 is 1.04 bits per heavy atom. The molecule has 23 heavy (non-hydrogen) atoms. The summed E-state index contributed by atoms with van der Waals surface area (Å²) in [4.78, 5) is 45.6. The van der Waals surface area contributed by atoms with Crippen LogP contribution in [-0.2, 0) is 19.2 Å². The lowest BCUT2D eigenvalue weighted by molar-refractivity contribution is -0.143. The molecule has 132 valence electrons. The first-order valence-electron chi connectivity index (χ1n) is 6.73. The minimum absolute atomic E-state index is 0.0569. The van der Waals surface area contributed by atoms with Crippen LogP contribution in [0.5, 0.6) is 0 Å². The van der Waals surface area contributed by atoms with Gasteiger partial charge in [0.15, 0.2) is 0 Å². The molecule has 0 aromatic carbocycles. The summed E-state index contributed by atoms with van der Waals surface area (Å²) >= 11 is 0. The van der Waals surface area contributed by atoms with Crippen LogP contribution in [0.25, 0.3) is 0 Å². The monoisotopic (exact) mass is 334 g/mol. The van der Waals surface area contributed by atoms with Gasteiger partial charge in [-0.2, -0.15) is 0 Å². The summed E-state index contributed by atoms with van der Waals surface area (Å²) in [6.45, 7) is 1.56. The third-order valence-electron chi connectivity index (χ3n) is 2.74. The van der Waals surface area contributed by atoms with Crippen molar-refractivity contribution in [3.05, 3.63) is 0 Å². The summed E-state index contributed by atoms with van der Waals surface area (Å²) in [6.07, 6.45) is 0. The van der Waals surface area contributed by atoms with E-state index in [9.17, 15) is 19.2 Å². The van der Waals surface area contributed by atoms with E-state index in [1.54, 1.807) is 13.8 Å². The number of carboxylic acid groups (broad SMARTS) is 4. The van der Waals surface area contributed by atoms with E-state index >= 15 is 0 Å². The van der Waals surface area contributed by atoms with Crippen molar-refractivity contribution in [2.75, 3.05) is 39.3 Å². The molecule has 0 heterocycles. The van der Waals surface area contributed by atoms with Crippen LogP contribution >= 0.6 is 0 Å². The molecule has 0 radical (unpaired) electrons. The van der Waals surface area contributed by atoms with Crippen molar-refractivity contribution >= 4 is 23.9 Å². The van der Waals surface area contributed by atoms with E-state index in [-0.39, 0.29) is 13.1 Å². The highest BCUT2D eigenvalue weighted by Crippen LogP contribution is 2.19. The van der Waals surface area contributed by atoms with Crippen LogP contribution in [0.1, 0.15) is 13.8 Å². The second-order valence-electron chi connectivity index (χ2n) is 6.03. The summed E-state index contributed by atoms with van der Waals surface area (Å²) < 4.78 is 0. The predicted molar refractivity (Wildman–Crippen MR) is 77.2 cm³/mol. The molecule has 0 rings (SSSR count). The zero-order valence-electron chi connectivity index (χ0n) is 13.1. The Kier molecular flexibility index (Phi) is 8.19. The van der Waals surface area contributed by atoms with Crippen LogP contribution in [-0.4, -0.2) is 93.4 Å². The van der Waals surface area contributed by atoms with Crippen molar-refractivity contribution in [2.24, 2.45) is 5.41 Å². The van der Waals surface area contributed by atoms with Crippen LogP contribution in [0, 0.1) is 5.41 Å². The molecule has 0 unspecified atom stereocenters. The predicted octanol–water partition coefficient (Wildman–Crippen LogP) is -1.04. The SMILES string of the molecule is CC(C)(CN(CC(=O)O)CC(=O)O)CN(CC(=O)O)CC(=O)O. The third-order valence-corrected chi connectivity index (χ3v) is 2.74. The fraction of sp³-hybridized carbons (Fsp3) is 0.692. The summed E-state index contributed by atoms with van der Waals surface area (Å²) in [5, 5.41) is 35.3. The molecule has 0 fully saturated rings. The molecule has 0 saturated carbocycles. The second-order valence-corrected chi connectivity index (χ2v) is 6.03. The molecule has 0 spiro atoms. The quantitative estimate of drug-likeness (QED) is 0.347. The van der Waals surface area contributed by atoms with Gasteiger partial charge in [0, 0.05) is 13.1 Å². The first-order chi connectivity index (χ1) is 10.4. The maximum atomic E-state index is 10.8. The molecule has 0 aliphatic carbocycles. The van der Waals surface area contributed by atoms with Gasteiger partial charge in [0.1, 0.15) is 0 Å². The van der Waals surface area contributed by atoms with Gasteiger partial charge >= 0.3 is 23.9 Å². The van der Waals surface area contributed by atoms with Gasteiger partial charge in [-0.25, -0.2) is 0 Å². The minimum Gasteiger partial charge on any atom is -0.480 e. The number of carbonyl (C=O) groups is 4. The molecular formula is C13H22N2O8. The van der Waals surface area contributed by atoms with E-state index < -0.39 is 55.5 Å². The van der Waals surface area contributed by atoms with Crippen molar-refractivity contribution in [3.8, 4) is 0 Å². The zero-order chi connectivity index (χ0) is 18.2. The molecule has 0 saturated heterocycles. The van der Waals surface area contributed by atoms with Gasteiger partial charge in [-0.05, 0) is 5.41 Å². The first kappa shape index (κ1) is 20.8.